The average Bonchev–Trinajstić information content (AvgIpc) is 3.08. The Labute approximate surface area is 197 Å². The predicted molar refractivity (Wildman–Crippen MR) is 135 cm³/mol. The molecule has 3 aromatic carbocycles. The molecule has 0 spiro atoms. The fourth-order valence-electron chi connectivity index (χ4n) is 3.20. The van der Waals surface area contributed by atoms with Gasteiger partial charge in [0.2, 0.25) is 0 Å². The van der Waals surface area contributed by atoms with E-state index in [4.69, 9.17) is 21.7 Å². The molecule has 162 valence electrons. The van der Waals surface area contributed by atoms with Gasteiger partial charge < -0.3 is 9.47 Å². The van der Waals surface area contributed by atoms with Crippen LogP contribution < -0.4 is 14.4 Å². The lowest BCUT2D eigenvalue weighted by atomic mass is 10.1. The topological polar surface area (TPSA) is 38.8 Å². The highest BCUT2D eigenvalue weighted by Gasteiger charge is 2.33. The molecular formula is C26H23NO3S2. The number of aryl methyl sites for hydroxylation is 2. The van der Waals surface area contributed by atoms with Gasteiger partial charge in [-0.1, -0.05) is 60.4 Å². The van der Waals surface area contributed by atoms with Gasteiger partial charge in [0.25, 0.3) is 5.91 Å². The van der Waals surface area contributed by atoms with Crippen molar-refractivity contribution in [2.45, 2.75) is 13.8 Å². The summed E-state index contributed by atoms with van der Waals surface area (Å²) in [6.07, 6.45) is 1.86. The molecule has 32 heavy (non-hydrogen) atoms. The molecule has 0 unspecified atom stereocenters. The van der Waals surface area contributed by atoms with Crippen molar-refractivity contribution < 1.29 is 14.3 Å². The second-order valence-corrected chi connectivity index (χ2v) is 9.04. The lowest BCUT2D eigenvalue weighted by molar-refractivity contribution is -0.113. The Morgan fingerprint density at radius 3 is 2.19 bits per heavy atom. The Balaban J connectivity index is 1.36. The van der Waals surface area contributed by atoms with E-state index < -0.39 is 0 Å². The second-order valence-electron chi connectivity index (χ2n) is 7.36. The molecule has 1 amide bonds. The molecule has 4 rings (SSSR count). The summed E-state index contributed by atoms with van der Waals surface area (Å²) >= 11 is 6.80. The van der Waals surface area contributed by atoms with Gasteiger partial charge >= 0.3 is 0 Å². The molecule has 4 nitrogen and oxygen atoms in total. The number of hydrogen-bond acceptors (Lipinski definition) is 5. The predicted octanol–water partition coefficient (Wildman–Crippen LogP) is 6.17. The Morgan fingerprint density at radius 2 is 1.53 bits per heavy atom. The van der Waals surface area contributed by atoms with Gasteiger partial charge in [0, 0.05) is 0 Å². The van der Waals surface area contributed by atoms with E-state index in [0.717, 1.165) is 28.3 Å². The van der Waals surface area contributed by atoms with E-state index in [0.29, 0.717) is 22.4 Å². The van der Waals surface area contributed by atoms with Gasteiger partial charge in [-0.25, -0.2) is 0 Å². The standard InChI is InChI=1S/C26H23NO3S2/c1-18-8-11-21(16-19(18)2)27-25(28)24(32-26(27)31)17-20-9-12-23(13-10-20)30-15-14-29-22-6-4-3-5-7-22/h3-13,16-17H,14-15H2,1-2H3. The van der Waals surface area contributed by atoms with Crippen LogP contribution >= 0.6 is 24.0 Å². The summed E-state index contributed by atoms with van der Waals surface area (Å²) in [5, 5.41) is 0. The van der Waals surface area contributed by atoms with Crippen molar-refractivity contribution >= 4 is 46.0 Å². The summed E-state index contributed by atoms with van der Waals surface area (Å²) in [5.41, 5.74) is 4.04. The maximum Gasteiger partial charge on any atom is 0.270 e. The smallest absolute Gasteiger partial charge is 0.270 e. The van der Waals surface area contributed by atoms with Crippen LogP contribution in [0.2, 0.25) is 0 Å². The van der Waals surface area contributed by atoms with Crippen molar-refractivity contribution in [3.8, 4) is 11.5 Å². The van der Waals surface area contributed by atoms with E-state index in [2.05, 4.69) is 0 Å². The maximum absolute atomic E-state index is 13.0. The van der Waals surface area contributed by atoms with Crippen molar-refractivity contribution in [1.82, 2.24) is 0 Å². The summed E-state index contributed by atoms with van der Waals surface area (Å²) in [7, 11) is 0. The molecule has 1 aliphatic heterocycles. The number of nitrogens with zero attached hydrogens (tertiary/aromatic N) is 1. The molecule has 1 saturated heterocycles. The number of anilines is 1. The molecule has 3 aromatic rings. The minimum absolute atomic E-state index is 0.0957. The van der Waals surface area contributed by atoms with Crippen molar-refractivity contribution in [3.63, 3.8) is 0 Å². The minimum Gasteiger partial charge on any atom is -0.490 e. The number of ether oxygens (including phenoxy) is 2. The SMILES string of the molecule is Cc1ccc(N2C(=O)C(=Cc3ccc(OCCOc4ccccc4)cc3)SC2=S)cc1C. The van der Waals surface area contributed by atoms with Crippen molar-refractivity contribution in [2.24, 2.45) is 0 Å². The number of benzene rings is 3. The largest absolute Gasteiger partial charge is 0.490 e. The number of thiocarbonyl (C=S) groups is 1. The molecule has 0 saturated carbocycles. The summed E-state index contributed by atoms with van der Waals surface area (Å²) < 4.78 is 11.9. The monoisotopic (exact) mass is 461 g/mol. The molecule has 1 fully saturated rings. The normalized spacial score (nSPS) is 14.8. The van der Waals surface area contributed by atoms with Crippen LogP contribution in [0.4, 0.5) is 5.69 Å². The molecular weight excluding hydrogens is 438 g/mol. The Morgan fingerprint density at radius 1 is 0.875 bits per heavy atom. The van der Waals surface area contributed by atoms with Crippen LogP contribution in [0.25, 0.3) is 6.08 Å². The first-order chi connectivity index (χ1) is 15.5. The third kappa shape index (κ3) is 5.21. The molecule has 6 heteroatoms. The van der Waals surface area contributed by atoms with Gasteiger partial charge in [-0.3, -0.25) is 9.69 Å². The minimum atomic E-state index is -0.0957. The zero-order chi connectivity index (χ0) is 22.5. The molecule has 0 aromatic heterocycles. The van der Waals surface area contributed by atoms with Crippen LogP contribution in [0.3, 0.4) is 0 Å². The first kappa shape index (κ1) is 22.1. The van der Waals surface area contributed by atoms with Gasteiger partial charge in [-0.05, 0) is 73.0 Å². The zero-order valence-electron chi connectivity index (χ0n) is 17.9. The lowest BCUT2D eigenvalue weighted by Gasteiger charge is -2.15. The van der Waals surface area contributed by atoms with E-state index in [1.54, 1.807) is 4.90 Å². The quantitative estimate of drug-likeness (QED) is 0.239. The third-order valence-electron chi connectivity index (χ3n) is 5.08. The van der Waals surface area contributed by atoms with E-state index in [1.807, 2.05) is 92.7 Å². The molecule has 0 radical (unpaired) electrons. The Kier molecular flexibility index (Phi) is 6.93. The molecule has 0 bridgehead atoms. The highest BCUT2D eigenvalue weighted by molar-refractivity contribution is 8.27. The highest BCUT2D eigenvalue weighted by Crippen LogP contribution is 2.36. The number of rotatable bonds is 7. The van der Waals surface area contributed by atoms with Crippen molar-refractivity contribution in [3.05, 3.63) is 94.4 Å². The summed E-state index contributed by atoms with van der Waals surface area (Å²) in [6, 6.07) is 23.2. The molecule has 1 heterocycles. The van der Waals surface area contributed by atoms with E-state index in [9.17, 15) is 4.79 Å². The first-order valence-electron chi connectivity index (χ1n) is 10.3. The fraction of sp³-hybridized carbons (Fsp3) is 0.154. The van der Waals surface area contributed by atoms with Crippen LogP contribution in [0, 0.1) is 13.8 Å². The third-order valence-corrected chi connectivity index (χ3v) is 6.39. The highest BCUT2D eigenvalue weighted by atomic mass is 32.2. The molecule has 0 N–H and O–H groups in total. The van der Waals surface area contributed by atoms with Gasteiger partial charge in [0.05, 0.1) is 10.6 Å². The Bertz CT molecular complexity index is 1160. The molecule has 1 aliphatic rings. The van der Waals surface area contributed by atoms with Crippen LogP contribution in [0.1, 0.15) is 16.7 Å². The molecule has 0 aliphatic carbocycles. The number of amides is 1. The van der Waals surface area contributed by atoms with Gasteiger partial charge in [-0.2, -0.15) is 0 Å². The summed E-state index contributed by atoms with van der Waals surface area (Å²) in [6.45, 7) is 4.99. The van der Waals surface area contributed by atoms with E-state index in [-0.39, 0.29) is 5.91 Å². The van der Waals surface area contributed by atoms with Crippen LogP contribution in [-0.2, 0) is 4.79 Å². The maximum atomic E-state index is 13.0. The zero-order valence-corrected chi connectivity index (χ0v) is 19.5. The fourth-order valence-corrected chi connectivity index (χ4v) is 4.50. The van der Waals surface area contributed by atoms with Crippen LogP contribution in [0.15, 0.2) is 77.7 Å². The Hall–Kier alpha value is -3.09. The van der Waals surface area contributed by atoms with Crippen LogP contribution in [-0.4, -0.2) is 23.4 Å². The van der Waals surface area contributed by atoms with Gasteiger partial charge in [0.1, 0.15) is 24.7 Å². The van der Waals surface area contributed by atoms with Gasteiger partial charge in [0.15, 0.2) is 4.32 Å². The summed E-state index contributed by atoms with van der Waals surface area (Å²) in [5.74, 6) is 1.48. The number of carbonyl (C=O) groups excluding carboxylic acids is 1. The first-order valence-corrected chi connectivity index (χ1v) is 11.5. The van der Waals surface area contributed by atoms with Crippen LogP contribution in [0.5, 0.6) is 11.5 Å². The number of thioether (sulfide) groups is 1. The number of hydrogen-bond donors (Lipinski definition) is 0. The summed E-state index contributed by atoms with van der Waals surface area (Å²) in [4.78, 5) is 15.2. The average molecular weight is 462 g/mol. The van der Waals surface area contributed by atoms with Gasteiger partial charge in [-0.15, -0.1) is 0 Å². The van der Waals surface area contributed by atoms with Crippen molar-refractivity contribution in [1.29, 1.82) is 0 Å². The lowest BCUT2D eigenvalue weighted by Crippen LogP contribution is -2.27. The van der Waals surface area contributed by atoms with E-state index in [1.165, 1.54) is 17.3 Å². The van der Waals surface area contributed by atoms with E-state index >= 15 is 0 Å². The molecule has 0 atom stereocenters. The van der Waals surface area contributed by atoms with Crippen molar-refractivity contribution in [2.75, 3.05) is 18.1 Å². The second kappa shape index (κ2) is 10.0. The number of carbonyl (C=O) groups is 1. The number of para-hydroxylation sites is 1.